The van der Waals surface area contributed by atoms with Gasteiger partial charge >= 0.3 is 0 Å². The van der Waals surface area contributed by atoms with E-state index in [-0.39, 0.29) is 22.9 Å². The summed E-state index contributed by atoms with van der Waals surface area (Å²) in [5.74, 6) is 0.878. The average Bonchev–Trinajstić information content (AvgIpc) is 2.92. The molecule has 0 bridgehead atoms. The van der Waals surface area contributed by atoms with Crippen LogP contribution in [0.25, 0.3) is 0 Å². The first-order chi connectivity index (χ1) is 11.1. The van der Waals surface area contributed by atoms with E-state index in [2.05, 4.69) is 6.92 Å². The Labute approximate surface area is 143 Å². The van der Waals surface area contributed by atoms with Crippen LogP contribution in [-0.4, -0.2) is 33.5 Å². The highest BCUT2D eigenvalue weighted by atomic mass is 16.4. The van der Waals surface area contributed by atoms with Crippen molar-refractivity contribution in [2.24, 2.45) is 28.6 Å². The van der Waals surface area contributed by atoms with E-state index < -0.39 is 17.1 Å². The third-order valence-electron chi connectivity index (χ3n) is 8.37. The second kappa shape index (κ2) is 4.79. The number of carbonyl (C=O) groups is 2. The minimum Gasteiger partial charge on any atom is -0.390 e. The number of hydrogen-bond acceptors (Lipinski definition) is 4. The van der Waals surface area contributed by atoms with Crippen LogP contribution in [0.1, 0.15) is 59.3 Å². The van der Waals surface area contributed by atoms with Crippen molar-refractivity contribution < 1.29 is 19.8 Å². The minimum atomic E-state index is -1.62. The third-order valence-corrected chi connectivity index (χ3v) is 8.37. The zero-order valence-corrected chi connectivity index (χ0v) is 14.8. The molecule has 0 aromatic rings. The maximum Gasteiger partial charge on any atom is 0.164 e. The summed E-state index contributed by atoms with van der Waals surface area (Å²) in [4.78, 5) is 24.2. The lowest BCUT2D eigenvalue weighted by Crippen LogP contribution is -2.59. The molecule has 0 aliphatic heterocycles. The molecule has 7 atom stereocenters. The Balaban J connectivity index is 1.73. The largest absolute Gasteiger partial charge is 0.390 e. The zero-order valence-electron chi connectivity index (χ0n) is 14.8. The molecule has 0 saturated heterocycles. The van der Waals surface area contributed by atoms with Crippen molar-refractivity contribution in [1.29, 1.82) is 0 Å². The van der Waals surface area contributed by atoms with Gasteiger partial charge in [0.2, 0.25) is 0 Å². The molecule has 2 N–H and O–H groups in total. The van der Waals surface area contributed by atoms with Crippen LogP contribution in [0.3, 0.4) is 0 Å². The lowest BCUT2D eigenvalue weighted by molar-refractivity contribution is -0.173. The molecular weight excluding hydrogens is 304 g/mol. The predicted octanol–water partition coefficient (Wildman–Crippen LogP) is 2.42. The molecule has 4 aliphatic rings. The van der Waals surface area contributed by atoms with Gasteiger partial charge in [-0.25, -0.2) is 0 Å². The number of ketones is 2. The van der Waals surface area contributed by atoms with Crippen LogP contribution in [0.5, 0.6) is 0 Å². The van der Waals surface area contributed by atoms with Crippen LogP contribution >= 0.6 is 0 Å². The van der Waals surface area contributed by atoms with Crippen LogP contribution < -0.4 is 0 Å². The summed E-state index contributed by atoms with van der Waals surface area (Å²) in [7, 11) is 0. The van der Waals surface area contributed by atoms with Crippen molar-refractivity contribution >= 4 is 11.6 Å². The van der Waals surface area contributed by atoms with Crippen LogP contribution in [0.4, 0.5) is 0 Å². The van der Waals surface area contributed by atoms with Crippen molar-refractivity contribution in [2.45, 2.75) is 71.0 Å². The highest BCUT2D eigenvalue weighted by molar-refractivity contribution is 5.94. The fraction of sp³-hybridized carbons (Fsp3) is 0.800. The Morgan fingerprint density at radius 1 is 1.25 bits per heavy atom. The Kier molecular flexibility index (Phi) is 3.29. The second-order valence-electron chi connectivity index (χ2n) is 9.18. The molecule has 0 unspecified atom stereocenters. The van der Waals surface area contributed by atoms with Gasteiger partial charge in [0.15, 0.2) is 17.2 Å². The summed E-state index contributed by atoms with van der Waals surface area (Å²) in [6, 6.07) is 0. The topological polar surface area (TPSA) is 74.6 Å². The third kappa shape index (κ3) is 1.71. The van der Waals surface area contributed by atoms with Crippen LogP contribution in [0.15, 0.2) is 11.6 Å². The van der Waals surface area contributed by atoms with E-state index in [9.17, 15) is 19.8 Å². The van der Waals surface area contributed by atoms with Gasteiger partial charge in [-0.3, -0.25) is 9.59 Å². The molecule has 4 nitrogen and oxygen atoms in total. The average molecular weight is 332 g/mol. The fourth-order valence-electron chi connectivity index (χ4n) is 7.07. The molecule has 0 radical (unpaired) electrons. The number of aliphatic hydroxyl groups is 2. The first-order valence-electron chi connectivity index (χ1n) is 9.30. The Morgan fingerprint density at radius 2 is 1.96 bits per heavy atom. The maximum atomic E-state index is 12.2. The van der Waals surface area contributed by atoms with Gasteiger partial charge in [0.05, 0.1) is 6.10 Å². The Morgan fingerprint density at radius 3 is 2.62 bits per heavy atom. The number of allylic oxidation sites excluding steroid dienone is 2. The highest BCUT2D eigenvalue weighted by Crippen LogP contribution is 2.67. The molecule has 132 valence electrons. The van der Waals surface area contributed by atoms with Crippen LogP contribution in [0.2, 0.25) is 0 Å². The van der Waals surface area contributed by atoms with Gasteiger partial charge in [0.25, 0.3) is 0 Å². The predicted molar refractivity (Wildman–Crippen MR) is 89.1 cm³/mol. The number of aliphatic hydroxyl groups excluding tert-OH is 1. The first kappa shape index (κ1) is 16.5. The van der Waals surface area contributed by atoms with Crippen LogP contribution in [-0.2, 0) is 9.59 Å². The summed E-state index contributed by atoms with van der Waals surface area (Å²) in [5.41, 5.74) is -0.925. The van der Waals surface area contributed by atoms with Gasteiger partial charge in [0, 0.05) is 11.8 Å². The number of fused-ring (bicyclic) bond motifs is 5. The zero-order chi connectivity index (χ0) is 17.5. The van der Waals surface area contributed by atoms with Crippen molar-refractivity contribution in [3.8, 4) is 0 Å². The van der Waals surface area contributed by atoms with Gasteiger partial charge in [-0.2, -0.15) is 0 Å². The molecule has 4 heteroatoms. The van der Waals surface area contributed by atoms with E-state index in [0.29, 0.717) is 24.7 Å². The number of hydrogen-bond donors (Lipinski definition) is 2. The van der Waals surface area contributed by atoms with E-state index >= 15 is 0 Å². The Hall–Kier alpha value is -1.00. The van der Waals surface area contributed by atoms with E-state index in [4.69, 9.17) is 0 Å². The maximum absolute atomic E-state index is 12.2. The normalized spacial score (nSPS) is 53.2. The van der Waals surface area contributed by atoms with Crippen molar-refractivity contribution in [3.63, 3.8) is 0 Å². The molecule has 0 aromatic heterocycles. The second-order valence-corrected chi connectivity index (χ2v) is 9.18. The first-order valence-corrected chi connectivity index (χ1v) is 9.30. The van der Waals surface area contributed by atoms with E-state index in [1.807, 2.05) is 13.0 Å². The van der Waals surface area contributed by atoms with E-state index in [0.717, 1.165) is 25.7 Å². The van der Waals surface area contributed by atoms with Gasteiger partial charge < -0.3 is 10.2 Å². The van der Waals surface area contributed by atoms with Gasteiger partial charge in [-0.15, -0.1) is 0 Å². The molecule has 4 rings (SSSR count). The molecule has 0 heterocycles. The van der Waals surface area contributed by atoms with Gasteiger partial charge in [-0.1, -0.05) is 19.4 Å². The number of Topliss-reactive ketones (excluding diaryl/α,β-unsaturated/α-hetero) is 1. The van der Waals surface area contributed by atoms with E-state index in [1.54, 1.807) is 0 Å². The molecule has 3 fully saturated rings. The molecule has 0 spiro atoms. The summed E-state index contributed by atoms with van der Waals surface area (Å²) < 4.78 is 0. The Bertz CT molecular complexity index is 652. The van der Waals surface area contributed by atoms with Crippen molar-refractivity contribution in [1.82, 2.24) is 0 Å². The summed E-state index contributed by atoms with van der Waals surface area (Å²) in [5, 5.41) is 21.7. The van der Waals surface area contributed by atoms with Gasteiger partial charge in [-0.05, 0) is 68.3 Å². The summed E-state index contributed by atoms with van der Waals surface area (Å²) >= 11 is 0. The molecule has 0 amide bonds. The smallest absolute Gasteiger partial charge is 0.164 e. The molecule has 24 heavy (non-hydrogen) atoms. The monoisotopic (exact) mass is 332 g/mol. The summed E-state index contributed by atoms with van der Waals surface area (Å²) in [6.07, 6.45) is 5.58. The standard InChI is InChI=1S/C20H28O4/c1-11(21)20(24)17(23)9-16-14-5-4-12-8-13(22)10-18(12,2)15(14)6-7-19(16,20)3/h8,14-17,23-24H,4-7,9-10H2,1-3H3/t14-,15+,16+,17-,18+,19+,20-/m1/s1. The van der Waals surface area contributed by atoms with Crippen molar-refractivity contribution in [2.75, 3.05) is 0 Å². The SMILES string of the molecule is CC(=O)[C@@]1(O)[C@H](O)C[C@H]2[C@@H]3CCC4=CC(=O)C[C@]4(C)[C@H]3CC[C@@]21C. The molecule has 3 saturated carbocycles. The van der Waals surface area contributed by atoms with Crippen molar-refractivity contribution in [3.05, 3.63) is 11.6 Å². The van der Waals surface area contributed by atoms with E-state index in [1.165, 1.54) is 12.5 Å². The molecule has 4 aliphatic carbocycles. The molecule has 0 aromatic carbocycles. The number of rotatable bonds is 1. The quantitative estimate of drug-likeness (QED) is 0.773. The lowest BCUT2D eigenvalue weighted by Gasteiger charge is -2.57. The lowest BCUT2D eigenvalue weighted by atomic mass is 9.48. The molecular formula is C20H28O4. The summed E-state index contributed by atoms with van der Waals surface area (Å²) in [6.45, 7) is 5.63. The fourth-order valence-corrected chi connectivity index (χ4v) is 7.07. The minimum absolute atomic E-state index is 0.0524. The van der Waals surface area contributed by atoms with Crippen LogP contribution in [0, 0.1) is 28.6 Å². The number of carbonyl (C=O) groups excluding carboxylic acids is 2. The highest BCUT2D eigenvalue weighted by Gasteiger charge is 2.69. The van der Waals surface area contributed by atoms with Gasteiger partial charge in [0.1, 0.15) is 0 Å².